The van der Waals surface area contributed by atoms with Crippen LogP contribution < -0.4 is 5.32 Å². The number of hydrogen-bond acceptors (Lipinski definition) is 6. The fraction of sp³-hybridized carbons (Fsp3) is 0.500. The number of nitrogens with one attached hydrogen (secondary N) is 1. The van der Waals surface area contributed by atoms with E-state index < -0.39 is 0 Å². The second-order valence-electron chi connectivity index (χ2n) is 3.18. The third kappa shape index (κ3) is 4.22. The highest BCUT2D eigenvalue weighted by Crippen LogP contribution is 1.94. The number of carbonyl (C=O) groups is 1. The Kier molecular flexibility index (Phi) is 5.21. The van der Waals surface area contributed by atoms with E-state index in [9.17, 15) is 4.79 Å². The molecule has 1 aromatic heterocycles. The normalized spacial score (nSPS) is 11.5. The molecule has 1 N–H and O–H groups in total. The molecule has 0 spiro atoms. The number of rotatable bonds is 6. The topological polar surface area (TPSA) is 77.2 Å². The number of ether oxygens (including phenoxy) is 1. The van der Waals surface area contributed by atoms with Gasteiger partial charge >= 0.3 is 5.97 Å². The molecule has 16 heavy (non-hydrogen) atoms. The summed E-state index contributed by atoms with van der Waals surface area (Å²) in [5.41, 5.74) is 0.592. The largest absolute Gasteiger partial charge is 0.466 e. The maximum atomic E-state index is 11.0. The van der Waals surface area contributed by atoms with Crippen LogP contribution in [0.2, 0.25) is 0 Å². The van der Waals surface area contributed by atoms with Crippen LogP contribution in [0.3, 0.4) is 0 Å². The lowest BCUT2D eigenvalue weighted by atomic mass is 10.3. The molecule has 0 saturated carbocycles. The van der Waals surface area contributed by atoms with E-state index in [4.69, 9.17) is 0 Å². The molecule has 1 rings (SSSR count). The molecule has 1 heterocycles. The number of nitrogens with zero attached hydrogens (tertiary/aromatic N) is 2. The first kappa shape index (κ1) is 12.4. The van der Waals surface area contributed by atoms with Gasteiger partial charge in [0.15, 0.2) is 5.82 Å². The van der Waals surface area contributed by atoms with Gasteiger partial charge in [-0.25, -0.2) is 4.79 Å². The van der Waals surface area contributed by atoms with Gasteiger partial charge in [0.2, 0.25) is 6.39 Å². The summed E-state index contributed by atoms with van der Waals surface area (Å²) in [6, 6.07) is 0. The van der Waals surface area contributed by atoms with E-state index in [1.165, 1.54) is 13.5 Å². The lowest BCUT2D eigenvalue weighted by Crippen LogP contribution is -2.18. The lowest BCUT2D eigenvalue weighted by molar-refractivity contribution is -0.136. The minimum absolute atomic E-state index is 0.306. The van der Waals surface area contributed by atoms with Crippen LogP contribution in [0.5, 0.6) is 0 Å². The third-order valence-electron chi connectivity index (χ3n) is 1.99. The average molecular weight is 225 g/mol. The second-order valence-corrected chi connectivity index (χ2v) is 3.18. The molecule has 0 amide bonds. The van der Waals surface area contributed by atoms with Gasteiger partial charge in [-0.1, -0.05) is 11.2 Å². The highest BCUT2D eigenvalue weighted by molar-refractivity contribution is 5.87. The van der Waals surface area contributed by atoms with Crippen molar-refractivity contribution in [2.45, 2.75) is 13.3 Å². The molecule has 0 aliphatic rings. The monoisotopic (exact) mass is 225 g/mol. The Hall–Kier alpha value is -1.69. The molecule has 0 radical (unpaired) electrons. The number of carbonyl (C=O) groups excluding carboxylic acids is 1. The highest BCUT2D eigenvalue weighted by Gasteiger charge is 2.01. The summed E-state index contributed by atoms with van der Waals surface area (Å²) >= 11 is 0. The van der Waals surface area contributed by atoms with Crippen molar-refractivity contribution in [3.05, 3.63) is 23.9 Å². The molecular formula is C10H15N3O3. The Labute approximate surface area is 93.7 Å². The van der Waals surface area contributed by atoms with E-state index in [0.29, 0.717) is 24.4 Å². The van der Waals surface area contributed by atoms with Gasteiger partial charge in [-0.15, -0.1) is 0 Å². The van der Waals surface area contributed by atoms with Gasteiger partial charge in [0, 0.05) is 25.1 Å². The van der Waals surface area contributed by atoms with Gasteiger partial charge in [0.25, 0.3) is 0 Å². The smallest absolute Gasteiger partial charge is 0.333 e. The first-order valence-corrected chi connectivity index (χ1v) is 4.95. The van der Waals surface area contributed by atoms with Gasteiger partial charge < -0.3 is 14.6 Å². The van der Waals surface area contributed by atoms with Gasteiger partial charge in [-0.2, -0.15) is 4.98 Å². The fourth-order valence-corrected chi connectivity index (χ4v) is 1.07. The zero-order valence-corrected chi connectivity index (χ0v) is 9.40. The molecule has 1 aromatic rings. The minimum Gasteiger partial charge on any atom is -0.466 e. The van der Waals surface area contributed by atoms with E-state index in [1.807, 2.05) is 0 Å². The van der Waals surface area contributed by atoms with Gasteiger partial charge in [-0.05, 0) is 6.92 Å². The molecule has 0 fully saturated rings. The van der Waals surface area contributed by atoms with Crippen LogP contribution in [-0.2, 0) is 16.0 Å². The Bertz CT molecular complexity index is 346. The summed E-state index contributed by atoms with van der Waals surface area (Å²) in [6.45, 7) is 3.05. The van der Waals surface area contributed by atoms with Crippen molar-refractivity contribution in [3.8, 4) is 0 Å². The Balaban J connectivity index is 2.14. The molecule has 0 aliphatic heterocycles. The van der Waals surface area contributed by atoms with Crippen LogP contribution in [0, 0.1) is 0 Å². The average Bonchev–Trinajstić information content (AvgIpc) is 2.80. The van der Waals surface area contributed by atoms with Crippen LogP contribution >= 0.6 is 0 Å². The summed E-state index contributed by atoms with van der Waals surface area (Å²) < 4.78 is 9.15. The van der Waals surface area contributed by atoms with E-state index in [1.54, 1.807) is 13.0 Å². The minimum atomic E-state index is -0.306. The van der Waals surface area contributed by atoms with Crippen LogP contribution in [0.15, 0.2) is 22.6 Å². The molecule has 88 valence electrons. The zero-order chi connectivity index (χ0) is 11.8. The molecule has 0 saturated heterocycles. The quantitative estimate of drug-likeness (QED) is 0.427. The molecule has 6 nitrogen and oxygen atoms in total. The lowest BCUT2D eigenvalue weighted by Gasteiger charge is -2.00. The van der Waals surface area contributed by atoms with Crippen molar-refractivity contribution in [1.82, 2.24) is 15.5 Å². The van der Waals surface area contributed by atoms with E-state index in [-0.39, 0.29) is 5.97 Å². The van der Waals surface area contributed by atoms with Gasteiger partial charge in [0.05, 0.1) is 7.11 Å². The van der Waals surface area contributed by atoms with Crippen molar-refractivity contribution in [1.29, 1.82) is 0 Å². The number of hydrogen-bond donors (Lipinski definition) is 1. The number of esters is 1. The van der Waals surface area contributed by atoms with Crippen molar-refractivity contribution in [2.24, 2.45) is 0 Å². The van der Waals surface area contributed by atoms with E-state index in [2.05, 4.69) is 24.7 Å². The molecule has 0 aliphatic carbocycles. The maximum absolute atomic E-state index is 11.0. The molecule has 0 atom stereocenters. The zero-order valence-electron chi connectivity index (χ0n) is 9.40. The van der Waals surface area contributed by atoms with Crippen LogP contribution in [0.1, 0.15) is 12.7 Å². The standard InChI is InChI=1S/C10H15N3O3/c1-8(10(14)15-2)3-5-11-6-4-9-12-7-16-13-9/h3,7,11H,4-6H2,1-2H3. The van der Waals surface area contributed by atoms with E-state index >= 15 is 0 Å². The van der Waals surface area contributed by atoms with Crippen LogP contribution in [0.25, 0.3) is 0 Å². The summed E-state index contributed by atoms with van der Waals surface area (Å²) in [5, 5.41) is 6.80. The highest BCUT2D eigenvalue weighted by atomic mass is 16.5. The molecule has 0 bridgehead atoms. The number of methoxy groups -OCH3 is 1. The predicted molar refractivity (Wildman–Crippen MR) is 56.6 cm³/mol. The maximum Gasteiger partial charge on any atom is 0.333 e. The Morgan fingerprint density at radius 3 is 3.12 bits per heavy atom. The number of aromatic nitrogens is 2. The molecule has 6 heteroatoms. The van der Waals surface area contributed by atoms with Crippen LogP contribution in [-0.4, -0.2) is 36.3 Å². The Morgan fingerprint density at radius 2 is 2.50 bits per heavy atom. The van der Waals surface area contributed by atoms with Crippen molar-refractivity contribution in [2.75, 3.05) is 20.2 Å². The van der Waals surface area contributed by atoms with Crippen molar-refractivity contribution >= 4 is 5.97 Å². The SMILES string of the molecule is COC(=O)C(C)=CCNCCc1ncon1. The molecule has 0 aromatic carbocycles. The summed E-state index contributed by atoms with van der Waals surface area (Å²) in [6.07, 6.45) is 3.78. The summed E-state index contributed by atoms with van der Waals surface area (Å²) in [5.74, 6) is 0.362. The Morgan fingerprint density at radius 1 is 1.69 bits per heavy atom. The summed E-state index contributed by atoms with van der Waals surface area (Å²) in [7, 11) is 1.36. The van der Waals surface area contributed by atoms with Crippen LogP contribution in [0.4, 0.5) is 0 Å². The van der Waals surface area contributed by atoms with Crippen molar-refractivity contribution < 1.29 is 14.1 Å². The molecular weight excluding hydrogens is 210 g/mol. The fourth-order valence-electron chi connectivity index (χ4n) is 1.07. The van der Waals surface area contributed by atoms with E-state index in [0.717, 1.165) is 6.54 Å². The molecule has 0 unspecified atom stereocenters. The first-order valence-electron chi connectivity index (χ1n) is 4.95. The third-order valence-corrected chi connectivity index (χ3v) is 1.99. The van der Waals surface area contributed by atoms with Gasteiger partial charge in [-0.3, -0.25) is 0 Å². The second kappa shape index (κ2) is 6.73. The predicted octanol–water partition coefficient (Wildman–Crippen LogP) is 0.321. The van der Waals surface area contributed by atoms with Gasteiger partial charge in [0.1, 0.15) is 0 Å². The van der Waals surface area contributed by atoms with Crippen molar-refractivity contribution in [3.63, 3.8) is 0 Å². The summed E-state index contributed by atoms with van der Waals surface area (Å²) in [4.78, 5) is 14.9. The first-order chi connectivity index (χ1) is 7.74.